The Bertz CT molecular complexity index is 490. The molecule has 0 spiro atoms. The molecule has 17 heavy (non-hydrogen) atoms. The summed E-state index contributed by atoms with van der Waals surface area (Å²) in [4.78, 5) is 8.01. The van der Waals surface area contributed by atoms with Crippen LogP contribution in [0.1, 0.15) is 11.3 Å². The van der Waals surface area contributed by atoms with E-state index in [0.717, 1.165) is 28.3 Å². The number of nitrogens with one attached hydrogen (secondary N) is 1. The summed E-state index contributed by atoms with van der Waals surface area (Å²) in [7, 11) is 0. The molecule has 0 saturated heterocycles. The van der Waals surface area contributed by atoms with Crippen molar-refractivity contribution in [1.29, 1.82) is 0 Å². The van der Waals surface area contributed by atoms with Crippen LogP contribution in [0.15, 0.2) is 41.3 Å². The Morgan fingerprint density at radius 1 is 1.24 bits per heavy atom. The van der Waals surface area contributed by atoms with Gasteiger partial charge in [-0.15, -0.1) is 0 Å². The molecule has 0 aliphatic carbocycles. The van der Waals surface area contributed by atoms with Gasteiger partial charge in [0, 0.05) is 23.8 Å². The molecule has 1 aromatic carbocycles. The van der Waals surface area contributed by atoms with Crippen LogP contribution >= 0.6 is 27.5 Å². The van der Waals surface area contributed by atoms with Gasteiger partial charge in [-0.2, -0.15) is 0 Å². The maximum Gasteiger partial charge on any atom is 0.115 e. The lowest BCUT2D eigenvalue weighted by atomic mass is 10.2. The van der Waals surface area contributed by atoms with E-state index < -0.39 is 0 Å². The van der Waals surface area contributed by atoms with E-state index in [9.17, 15) is 0 Å². The van der Waals surface area contributed by atoms with E-state index in [4.69, 9.17) is 11.6 Å². The first-order chi connectivity index (χ1) is 8.25. The second-order valence-electron chi connectivity index (χ2n) is 3.55. The van der Waals surface area contributed by atoms with Crippen molar-refractivity contribution in [3.63, 3.8) is 0 Å². The van der Waals surface area contributed by atoms with Crippen LogP contribution in [0.5, 0.6) is 0 Å². The minimum Gasteiger partial charge on any atom is -0.307 e. The molecule has 1 heterocycles. The lowest BCUT2D eigenvalue weighted by Gasteiger charge is -2.05. The molecule has 88 valence electrons. The first-order valence-electron chi connectivity index (χ1n) is 5.15. The average molecular weight is 313 g/mol. The predicted molar refractivity (Wildman–Crippen MR) is 71.7 cm³/mol. The van der Waals surface area contributed by atoms with E-state index in [1.165, 1.54) is 5.56 Å². The highest BCUT2D eigenvalue weighted by atomic mass is 79.9. The van der Waals surface area contributed by atoms with Gasteiger partial charge in [0.2, 0.25) is 0 Å². The Labute approximate surface area is 113 Å². The third-order valence-electron chi connectivity index (χ3n) is 2.26. The molecule has 0 bridgehead atoms. The number of hydrogen-bond acceptors (Lipinski definition) is 3. The van der Waals surface area contributed by atoms with Gasteiger partial charge in [0.15, 0.2) is 0 Å². The van der Waals surface area contributed by atoms with Gasteiger partial charge in [-0.3, -0.25) is 0 Å². The van der Waals surface area contributed by atoms with E-state index in [1.54, 1.807) is 12.5 Å². The van der Waals surface area contributed by atoms with Crippen LogP contribution in [0.25, 0.3) is 0 Å². The molecular weight excluding hydrogens is 302 g/mol. The third-order valence-corrected chi connectivity index (χ3v) is 3.48. The van der Waals surface area contributed by atoms with Crippen LogP contribution in [0.4, 0.5) is 0 Å². The van der Waals surface area contributed by atoms with Gasteiger partial charge < -0.3 is 5.32 Å². The highest BCUT2D eigenvalue weighted by Gasteiger charge is 1.99. The SMILES string of the molecule is Clc1ccc(CNCc2ccncn2)cc1Br. The predicted octanol–water partition coefficient (Wildman–Crippen LogP) is 3.18. The lowest BCUT2D eigenvalue weighted by Crippen LogP contribution is -2.13. The second kappa shape index (κ2) is 6.10. The number of rotatable bonds is 4. The zero-order valence-electron chi connectivity index (χ0n) is 9.03. The summed E-state index contributed by atoms with van der Waals surface area (Å²) in [5, 5.41) is 4.04. The molecule has 5 heteroatoms. The minimum atomic E-state index is 0.725. The number of halogens is 2. The standard InChI is InChI=1S/C12H11BrClN3/c13-11-5-9(1-2-12(11)14)6-16-7-10-3-4-15-8-17-10/h1-5,8,16H,6-7H2. The fraction of sp³-hybridized carbons (Fsp3) is 0.167. The number of hydrogen-bond donors (Lipinski definition) is 1. The van der Waals surface area contributed by atoms with E-state index in [0.29, 0.717) is 0 Å². The molecule has 2 rings (SSSR count). The molecule has 0 atom stereocenters. The van der Waals surface area contributed by atoms with Crippen molar-refractivity contribution in [1.82, 2.24) is 15.3 Å². The largest absolute Gasteiger partial charge is 0.307 e. The van der Waals surface area contributed by atoms with Crippen LogP contribution in [-0.2, 0) is 13.1 Å². The summed E-state index contributed by atoms with van der Waals surface area (Å²) in [6.07, 6.45) is 3.29. The van der Waals surface area contributed by atoms with Gasteiger partial charge in [-0.1, -0.05) is 17.7 Å². The van der Waals surface area contributed by atoms with Crippen molar-refractivity contribution in [2.75, 3.05) is 0 Å². The normalized spacial score (nSPS) is 10.5. The summed E-state index contributed by atoms with van der Waals surface area (Å²) < 4.78 is 0.917. The Morgan fingerprint density at radius 2 is 2.12 bits per heavy atom. The maximum absolute atomic E-state index is 5.93. The molecule has 0 amide bonds. The zero-order valence-corrected chi connectivity index (χ0v) is 11.4. The topological polar surface area (TPSA) is 37.8 Å². The van der Waals surface area contributed by atoms with E-state index in [1.807, 2.05) is 24.3 Å². The first-order valence-corrected chi connectivity index (χ1v) is 6.32. The van der Waals surface area contributed by atoms with Crippen molar-refractivity contribution in [2.24, 2.45) is 0 Å². The fourth-order valence-corrected chi connectivity index (χ4v) is 1.95. The zero-order chi connectivity index (χ0) is 12.1. The van der Waals surface area contributed by atoms with E-state index >= 15 is 0 Å². The Balaban J connectivity index is 1.88. The van der Waals surface area contributed by atoms with Crippen molar-refractivity contribution in [3.8, 4) is 0 Å². The van der Waals surface area contributed by atoms with Gasteiger partial charge in [0.1, 0.15) is 6.33 Å². The van der Waals surface area contributed by atoms with Crippen LogP contribution < -0.4 is 5.32 Å². The molecule has 0 radical (unpaired) electrons. The quantitative estimate of drug-likeness (QED) is 0.942. The Hall–Kier alpha value is -0.970. The van der Waals surface area contributed by atoms with Crippen molar-refractivity contribution in [3.05, 3.63) is 57.5 Å². The van der Waals surface area contributed by atoms with Gasteiger partial charge in [-0.05, 0) is 39.7 Å². The monoisotopic (exact) mass is 311 g/mol. The van der Waals surface area contributed by atoms with Crippen LogP contribution in [0.2, 0.25) is 5.02 Å². The minimum absolute atomic E-state index is 0.725. The first kappa shape index (κ1) is 12.5. The summed E-state index contributed by atoms with van der Waals surface area (Å²) in [5.41, 5.74) is 2.16. The molecule has 3 nitrogen and oxygen atoms in total. The third kappa shape index (κ3) is 3.77. The molecular formula is C12H11BrClN3. The lowest BCUT2D eigenvalue weighted by molar-refractivity contribution is 0.677. The van der Waals surface area contributed by atoms with Crippen LogP contribution in [0, 0.1) is 0 Å². The van der Waals surface area contributed by atoms with Gasteiger partial charge in [0.05, 0.1) is 10.7 Å². The summed E-state index contributed by atoms with van der Waals surface area (Å²) >= 11 is 9.33. The maximum atomic E-state index is 5.93. The summed E-state index contributed by atoms with van der Waals surface area (Å²) in [6.45, 7) is 1.50. The molecule has 0 unspecified atom stereocenters. The van der Waals surface area contributed by atoms with Crippen molar-refractivity contribution < 1.29 is 0 Å². The van der Waals surface area contributed by atoms with E-state index in [2.05, 4.69) is 31.2 Å². The fourth-order valence-electron chi connectivity index (χ4n) is 1.41. The number of benzene rings is 1. The average Bonchev–Trinajstić information content (AvgIpc) is 2.35. The molecule has 0 aliphatic rings. The highest BCUT2D eigenvalue weighted by Crippen LogP contribution is 2.23. The number of nitrogens with zero attached hydrogens (tertiary/aromatic N) is 2. The van der Waals surface area contributed by atoms with Crippen LogP contribution in [0.3, 0.4) is 0 Å². The molecule has 1 aromatic heterocycles. The van der Waals surface area contributed by atoms with Gasteiger partial charge in [-0.25, -0.2) is 9.97 Å². The molecule has 0 fully saturated rings. The van der Waals surface area contributed by atoms with Crippen LogP contribution in [-0.4, -0.2) is 9.97 Å². The highest BCUT2D eigenvalue weighted by molar-refractivity contribution is 9.10. The van der Waals surface area contributed by atoms with Crippen molar-refractivity contribution in [2.45, 2.75) is 13.1 Å². The second-order valence-corrected chi connectivity index (χ2v) is 4.81. The smallest absolute Gasteiger partial charge is 0.115 e. The molecule has 1 N–H and O–H groups in total. The molecule has 2 aromatic rings. The summed E-state index contributed by atoms with van der Waals surface area (Å²) in [5.74, 6) is 0. The Kier molecular flexibility index (Phi) is 4.48. The summed E-state index contributed by atoms with van der Waals surface area (Å²) in [6, 6.07) is 7.79. The number of aromatic nitrogens is 2. The van der Waals surface area contributed by atoms with Gasteiger partial charge >= 0.3 is 0 Å². The van der Waals surface area contributed by atoms with E-state index in [-0.39, 0.29) is 0 Å². The molecule has 0 aliphatic heterocycles. The Morgan fingerprint density at radius 3 is 2.82 bits per heavy atom. The molecule has 0 saturated carbocycles. The van der Waals surface area contributed by atoms with Gasteiger partial charge in [0.25, 0.3) is 0 Å². The van der Waals surface area contributed by atoms with Crippen molar-refractivity contribution >= 4 is 27.5 Å².